The van der Waals surface area contributed by atoms with Crippen molar-refractivity contribution in [2.45, 2.75) is 39.8 Å². The van der Waals surface area contributed by atoms with E-state index in [0.717, 1.165) is 11.9 Å². The van der Waals surface area contributed by atoms with Gasteiger partial charge in [0.1, 0.15) is 6.61 Å². The Labute approximate surface area is 130 Å². The van der Waals surface area contributed by atoms with Crippen molar-refractivity contribution < 1.29 is 19.1 Å². The summed E-state index contributed by atoms with van der Waals surface area (Å²) in [5.41, 5.74) is 0.487. The van der Waals surface area contributed by atoms with E-state index < -0.39 is 5.97 Å². The molecule has 0 unspecified atom stereocenters. The van der Waals surface area contributed by atoms with Gasteiger partial charge in [0.15, 0.2) is 11.3 Å². The Morgan fingerprint density at radius 3 is 2.55 bits per heavy atom. The first-order valence-corrected chi connectivity index (χ1v) is 7.54. The van der Waals surface area contributed by atoms with Crippen LogP contribution in [0.3, 0.4) is 0 Å². The van der Waals surface area contributed by atoms with E-state index in [2.05, 4.69) is 32.6 Å². The number of rotatable bonds is 7. The predicted octanol–water partition coefficient (Wildman–Crippen LogP) is 3.63. The predicted molar refractivity (Wildman–Crippen MR) is 85.6 cm³/mol. The first-order chi connectivity index (χ1) is 10.4. The second-order valence-electron chi connectivity index (χ2n) is 5.86. The molecule has 0 saturated heterocycles. The van der Waals surface area contributed by atoms with Crippen molar-refractivity contribution in [2.24, 2.45) is 0 Å². The van der Waals surface area contributed by atoms with Crippen LogP contribution in [0.1, 0.15) is 38.2 Å². The van der Waals surface area contributed by atoms with E-state index in [1.165, 1.54) is 6.07 Å². The second kappa shape index (κ2) is 6.83. The lowest BCUT2D eigenvalue weighted by Crippen LogP contribution is -2.39. The number of ether oxygens (including phenoxy) is 1. The highest BCUT2D eigenvalue weighted by Gasteiger charge is 2.15. The SMILES string of the molecule is CC(C)N(CCOc1cccc2cc(C(=O)O)oc12)C(C)C. The molecule has 1 heterocycles. The fourth-order valence-electron chi connectivity index (χ4n) is 2.63. The summed E-state index contributed by atoms with van der Waals surface area (Å²) in [4.78, 5) is 13.3. The highest BCUT2D eigenvalue weighted by atomic mass is 16.5. The van der Waals surface area contributed by atoms with Gasteiger partial charge in [-0.3, -0.25) is 4.90 Å². The van der Waals surface area contributed by atoms with Gasteiger partial charge in [0.05, 0.1) is 0 Å². The fraction of sp³-hybridized carbons (Fsp3) is 0.471. The number of furan rings is 1. The molecular formula is C17H23NO4. The van der Waals surface area contributed by atoms with Crippen LogP contribution >= 0.6 is 0 Å². The largest absolute Gasteiger partial charge is 0.488 e. The van der Waals surface area contributed by atoms with E-state index in [9.17, 15) is 4.79 Å². The monoisotopic (exact) mass is 305 g/mol. The molecule has 0 radical (unpaired) electrons. The third-order valence-corrected chi connectivity index (χ3v) is 3.65. The van der Waals surface area contributed by atoms with Crippen LogP contribution in [-0.2, 0) is 0 Å². The number of aromatic carboxylic acids is 1. The minimum atomic E-state index is -1.08. The number of benzene rings is 1. The Kier molecular flexibility index (Phi) is 5.08. The zero-order valence-corrected chi connectivity index (χ0v) is 13.5. The van der Waals surface area contributed by atoms with Crippen LogP contribution in [-0.4, -0.2) is 41.2 Å². The van der Waals surface area contributed by atoms with Crippen molar-refractivity contribution in [3.63, 3.8) is 0 Å². The molecule has 0 amide bonds. The molecule has 0 saturated carbocycles. The summed E-state index contributed by atoms with van der Waals surface area (Å²) < 4.78 is 11.2. The summed E-state index contributed by atoms with van der Waals surface area (Å²) in [5.74, 6) is -0.567. The minimum Gasteiger partial charge on any atom is -0.488 e. The molecule has 0 spiro atoms. The van der Waals surface area contributed by atoms with E-state index in [1.807, 2.05) is 12.1 Å². The maximum absolute atomic E-state index is 11.0. The highest BCUT2D eigenvalue weighted by Crippen LogP contribution is 2.28. The second-order valence-corrected chi connectivity index (χ2v) is 5.86. The van der Waals surface area contributed by atoms with Gasteiger partial charge in [0, 0.05) is 24.0 Å². The zero-order chi connectivity index (χ0) is 16.3. The quantitative estimate of drug-likeness (QED) is 0.846. The van der Waals surface area contributed by atoms with Crippen LogP contribution in [0.5, 0.6) is 5.75 Å². The zero-order valence-electron chi connectivity index (χ0n) is 13.5. The molecule has 22 heavy (non-hydrogen) atoms. The minimum absolute atomic E-state index is 0.0722. The average molecular weight is 305 g/mol. The number of carbonyl (C=O) groups is 1. The molecule has 2 aromatic rings. The van der Waals surface area contributed by atoms with Crippen molar-refractivity contribution >= 4 is 16.9 Å². The van der Waals surface area contributed by atoms with E-state index in [4.69, 9.17) is 14.3 Å². The summed E-state index contributed by atoms with van der Waals surface area (Å²) >= 11 is 0. The Hall–Kier alpha value is -2.01. The number of carboxylic acids is 1. The van der Waals surface area contributed by atoms with Gasteiger partial charge >= 0.3 is 5.97 Å². The molecule has 0 bridgehead atoms. The molecule has 0 aliphatic carbocycles. The molecule has 1 aromatic heterocycles. The lowest BCUT2D eigenvalue weighted by Gasteiger charge is -2.30. The van der Waals surface area contributed by atoms with Crippen molar-refractivity contribution in [3.05, 3.63) is 30.0 Å². The highest BCUT2D eigenvalue weighted by molar-refractivity contribution is 5.93. The summed E-state index contributed by atoms with van der Waals surface area (Å²) in [6.07, 6.45) is 0. The Balaban J connectivity index is 2.10. The molecule has 0 aliphatic heterocycles. The molecule has 1 aromatic carbocycles. The van der Waals surface area contributed by atoms with Crippen LogP contribution in [0, 0.1) is 0 Å². The molecule has 120 valence electrons. The van der Waals surface area contributed by atoms with Gasteiger partial charge in [-0.05, 0) is 39.8 Å². The third kappa shape index (κ3) is 3.60. The summed E-state index contributed by atoms with van der Waals surface area (Å²) in [6.45, 7) is 9.97. The Morgan fingerprint density at radius 2 is 1.95 bits per heavy atom. The topological polar surface area (TPSA) is 62.9 Å². The molecule has 5 nitrogen and oxygen atoms in total. The summed E-state index contributed by atoms with van der Waals surface area (Å²) in [6, 6.07) is 7.85. The van der Waals surface area contributed by atoms with Crippen molar-refractivity contribution in [3.8, 4) is 5.75 Å². The first kappa shape index (κ1) is 16.4. The van der Waals surface area contributed by atoms with Crippen LogP contribution in [0.2, 0.25) is 0 Å². The lowest BCUT2D eigenvalue weighted by molar-refractivity contribution is 0.0664. The maximum Gasteiger partial charge on any atom is 0.371 e. The van der Waals surface area contributed by atoms with Gasteiger partial charge < -0.3 is 14.3 Å². The number of carboxylic acid groups (broad SMARTS) is 1. The molecule has 0 atom stereocenters. The van der Waals surface area contributed by atoms with E-state index in [0.29, 0.717) is 30.0 Å². The number of para-hydroxylation sites is 1. The van der Waals surface area contributed by atoms with Crippen molar-refractivity contribution in [1.82, 2.24) is 4.90 Å². The smallest absolute Gasteiger partial charge is 0.371 e. The van der Waals surface area contributed by atoms with Gasteiger partial charge in [-0.2, -0.15) is 0 Å². The molecule has 0 aliphatic rings. The molecule has 2 rings (SSSR count). The van der Waals surface area contributed by atoms with E-state index >= 15 is 0 Å². The summed E-state index contributed by atoms with van der Waals surface area (Å²) in [5, 5.41) is 9.74. The number of nitrogens with zero attached hydrogens (tertiary/aromatic N) is 1. The van der Waals surface area contributed by atoms with Crippen LogP contribution in [0.15, 0.2) is 28.7 Å². The van der Waals surface area contributed by atoms with Gasteiger partial charge in [-0.15, -0.1) is 0 Å². The van der Waals surface area contributed by atoms with Crippen molar-refractivity contribution in [1.29, 1.82) is 0 Å². The maximum atomic E-state index is 11.0. The van der Waals surface area contributed by atoms with Crippen LogP contribution in [0.25, 0.3) is 11.0 Å². The van der Waals surface area contributed by atoms with Gasteiger partial charge in [0.25, 0.3) is 0 Å². The summed E-state index contributed by atoms with van der Waals surface area (Å²) in [7, 11) is 0. The third-order valence-electron chi connectivity index (χ3n) is 3.65. The Morgan fingerprint density at radius 1 is 1.27 bits per heavy atom. The molecule has 1 N–H and O–H groups in total. The normalized spacial score (nSPS) is 11.8. The van der Waals surface area contributed by atoms with Crippen LogP contribution < -0.4 is 4.74 Å². The number of fused-ring (bicyclic) bond motifs is 1. The fourth-order valence-corrected chi connectivity index (χ4v) is 2.63. The number of hydrogen-bond donors (Lipinski definition) is 1. The van der Waals surface area contributed by atoms with E-state index in [1.54, 1.807) is 6.07 Å². The standard InChI is InChI=1S/C17H23NO4/c1-11(2)18(12(3)4)8-9-21-14-7-5-6-13-10-15(17(19)20)22-16(13)14/h5-7,10-12H,8-9H2,1-4H3,(H,19,20). The van der Waals surface area contributed by atoms with Gasteiger partial charge in [-0.1, -0.05) is 12.1 Å². The molecular weight excluding hydrogens is 282 g/mol. The number of hydrogen-bond acceptors (Lipinski definition) is 4. The van der Waals surface area contributed by atoms with Crippen molar-refractivity contribution in [2.75, 3.05) is 13.2 Å². The van der Waals surface area contributed by atoms with Crippen LogP contribution in [0.4, 0.5) is 0 Å². The van der Waals surface area contributed by atoms with E-state index in [-0.39, 0.29) is 5.76 Å². The average Bonchev–Trinajstić information content (AvgIpc) is 2.87. The van der Waals surface area contributed by atoms with Gasteiger partial charge in [-0.25, -0.2) is 4.79 Å². The molecule has 5 heteroatoms. The van der Waals surface area contributed by atoms with Gasteiger partial charge in [0.2, 0.25) is 5.76 Å². The first-order valence-electron chi connectivity index (χ1n) is 7.54. The lowest BCUT2D eigenvalue weighted by atomic mass is 10.2. The Bertz CT molecular complexity index is 637. The molecule has 0 fully saturated rings.